The third-order valence-electron chi connectivity index (χ3n) is 1.52. The van der Waals surface area contributed by atoms with Gasteiger partial charge in [0.05, 0.1) is 5.56 Å². The third-order valence-corrected chi connectivity index (χ3v) is 2.98. The molecule has 0 atom stereocenters. The van der Waals surface area contributed by atoms with Crippen LogP contribution >= 0.6 is 34.5 Å². The van der Waals surface area contributed by atoms with Gasteiger partial charge in [-0.3, -0.25) is 0 Å². The first-order valence-corrected chi connectivity index (χ1v) is 5.12. The van der Waals surface area contributed by atoms with Crippen LogP contribution in [-0.2, 0) is 0 Å². The number of thiophene rings is 1. The molecule has 5 heteroatoms. The number of halogens is 2. The van der Waals surface area contributed by atoms with Crippen molar-refractivity contribution in [2.24, 2.45) is 0 Å². The molecule has 0 aromatic carbocycles. The Kier molecular flexibility index (Phi) is 2.49. The van der Waals surface area contributed by atoms with E-state index in [0.717, 1.165) is 4.88 Å². The summed E-state index contributed by atoms with van der Waals surface area (Å²) >= 11 is 13.3. The molecule has 0 amide bonds. The highest BCUT2D eigenvalue weighted by atomic mass is 35.5. The second-order valence-corrected chi connectivity index (χ2v) is 3.97. The van der Waals surface area contributed by atoms with Crippen LogP contribution in [0.3, 0.4) is 0 Å². The van der Waals surface area contributed by atoms with Gasteiger partial charge in [-0.05, 0) is 11.4 Å². The van der Waals surface area contributed by atoms with Gasteiger partial charge in [0, 0.05) is 4.88 Å². The smallest absolute Gasteiger partial charge is 0.142 e. The van der Waals surface area contributed by atoms with Crippen molar-refractivity contribution in [3.8, 4) is 10.4 Å². The maximum Gasteiger partial charge on any atom is 0.142 e. The van der Waals surface area contributed by atoms with E-state index in [2.05, 4.69) is 9.97 Å². The minimum absolute atomic E-state index is 0.391. The molecule has 0 aliphatic rings. The fourth-order valence-corrected chi connectivity index (χ4v) is 2.37. The van der Waals surface area contributed by atoms with Gasteiger partial charge in [-0.25, -0.2) is 9.97 Å². The van der Waals surface area contributed by atoms with Crippen molar-refractivity contribution in [3.63, 3.8) is 0 Å². The summed E-state index contributed by atoms with van der Waals surface area (Å²) in [6.07, 6.45) is 1.35. The molecule has 0 unspecified atom stereocenters. The predicted molar refractivity (Wildman–Crippen MR) is 55.4 cm³/mol. The molecule has 66 valence electrons. The van der Waals surface area contributed by atoms with Crippen molar-refractivity contribution in [3.05, 3.63) is 34.1 Å². The van der Waals surface area contributed by atoms with Gasteiger partial charge < -0.3 is 0 Å². The molecule has 0 saturated heterocycles. The first kappa shape index (κ1) is 8.94. The highest BCUT2D eigenvalue weighted by molar-refractivity contribution is 7.13. The summed E-state index contributed by atoms with van der Waals surface area (Å²) in [5.74, 6) is 0. The minimum Gasteiger partial charge on any atom is -0.224 e. The normalized spacial score (nSPS) is 10.3. The third kappa shape index (κ3) is 1.68. The van der Waals surface area contributed by atoms with Crippen LogP contribution in [-0.4, -0.2) is 9.97 Å². The molecule has 2 heterocycles. The van der Waals surface area contributed by atoms with E-state index in [9.17, 15) is 0 Å². The fraction of sp³-hybridized carbons (Fsp3) is 0. The Morgan fingerprint density at radius 3 is 2.38 bits per heavy atom. The molecule has 0 aliphatic heterocycles. The molecule has 0 radical (unpaired) electrons. The monoisotopic (exact) mass is 230 g/mol. The molecule has 0 fully saturated rings. The SMILES string of the molecule is Clc1ncnc(Cl)c1-c1cccs1. The predicted octanol–water partition coefficient (Wildman–Crippen LogP) is 3.51. The van der Waals surface area contributed by atoms with Crippen molar-refractivity contribution in [1.82, 2.24) is 9.97 Å². The average Bonchev–Trinajstić information content (AvgIpc) is 2.57. The molecule has 13 heavy (non-hydrogen) atoms. The lowest BCUT2D eigenvalue weighted by Crippen LogP contribution is -1.85. The molecular weight excluding hydrogens is 227 g/mol. The molecule has 0 saturated carbocycles. The van der Waals surface area contributed by atoms with Gasteiger partial charge in [-0.15, -0.1) is 11.3 Å². The molecule has 2 rings (SSSR count). The number of aromatic nitrogens is 2. The van der Waals surface area contributed by atoms with E-state index in [0.29, 0.717) is 15.9 Å². The number of hydrogen-bond donors (Lipinski definition) is 0. The van der Waals surface area contributed by atoms with Gasteiger partial charge in [0.1, 0.15) is 16.6 Å². The van der Waals surface area contributed by atoms with E-state index in [1.165, 1.54) is 6.33 Å². The Labute approximate surface area is 89.2 Å². The van der Waals surface area contributed by atoms with Gasteiger partial charge in [0.2, 0.25) is 0 Å². The summed E-state index contributed by atoms with van der Waals surface area (Å²) in [7, 11) is 0. The second-order valence-electron chi connectivity index (χ2n) is 2.31. The van der Waals surface area contributed by atoms with E-state index >= 15 is 0 Å². The minimum atomic E-state index is 0.391. The van der Waals surface area contributed by atoms with Gasteiger partial charge in [-0.2, -0.15) is 0 Å². The van der Waals surface area contributed by atoms with Crippen LogP contribution < -0.4 is 0 Å². The molecule has 0 N–H and O–H groups in total. The van der Waals surface area contributed by atoms with Gasteiger partial charge in [-0.1, -0.05) is 29.3 Å². The highest BCUT2D eigenvalue weighted by Gasteiger charge is 2.10. The van der Waals surface area contributed by atoms with Crippen LogP contribution in [0.5, 0.6) is 0 Å². The van der Waals surface area contributed by atoms with E-state index < -0.39 is 0 Å². The van der Waals surface area contributed by atoms with E-state index in [1.807, 2.05) is 17.5 Å². The van der Waals surface area contributed by atoms with Crippen molar-refractivity contribution < 1.29 is 0 Å². The van der Waals surface area contributed by atoms with Crippen LogP contribution in [0.25, 0.3) is 10.4 Å². The Morgan fingerprint density at radius 2 is 1.85 bits per heavy atom. The van der Waals surface area contributed by atoms with Crippen LogP contribution in [0.4, 0.5) is 0 Å². The van der Waals surface area contributed by atoms with Gasteiger partial charge >= 0.3 is 0 Å². The summed E-state index contributed by atoms with van der Waals surface area (Å²) in [6, 6.07) is 3.86. The van der Waals surface area contributed by atoms with Crippen molar-refractivity contribution in [2.45, 2.75) is 0 Å². The van der Waals surface area contributed by atoms with Crippen LogP contribution in [0, 0.1) is 0 Å². The summed E-state index contributed by atoms with van der Waals surface area (Å²) in [5.41, 5.74) is 0.709. The zero-order valence-corrected chi connectivity index (χ0v) is 8.70. The lowest BCUT2D eigenvalue weighted by atomic mass is 10.3. The number of nitrogens with zero attached hydrogens (tertiary/aromatic N) is 2. The van der Waals surface area contributed by atoms with E-state index in [4.69, 9.17) is 23.2 Å². The summed E-state index contributed by atoms with van der Waals surface area (Å²) < 4.78 is 0. The second kappa shape index (κ2) is 3.62. The Balaban J connectivity index is 2.64. The lowest BCUT2D eigenvalue weighted by Gasteiger charge is -2.00. The quantitative estimate of drug-likeness (QED) is 0.702. The Hall–Kier alpha value is -0.640. The van der Waals surface area contributed by atoms with Gasteiger partial charge in [0.25, 0.3) is 0 Å². The van der Waals surface area contributed by atoms with Crippen LogP contribution in [0.15, 0.2) is 23.8 Å². The maximum absolute atomic E-state index is 5.89. The van der Waals surface area contributed by atoms with Crippen LogP contribution in [0.1, 0.15) is 0 Å². The first-order valence-electron chi connectivity index (χ1n) is 3.49. The largest absolute Gasteiger partial charge is 0.224 e. The number of hydrogen-bond acceptors (Lipinski definition) is 3. The maximum atomic E-state index is 5.89. The first-order chi connectivity index (χ1) is 6.29. The molecule has 0 bridgehead atoms. The van der Waals surface area contributed by atoms with Crippen LogP contribution in [0.2, 0.25) is 10.3 Å². The molecule has 0 aliphatic carbocycles. The lowest BCUT2D eigenvalue weighted by molar-refractivity contribution is 1.17. The summed E-state index contributed by atoms with van der Waals surface area (Å²) in [6.45, 7) is 0. The molecule has 2 aromatic heterocycles. The Morgan fingerprint density at radius 1 is 1.15 bits per heavy atom. The summed E-state index contributed by atoms with van der Waals surface area (Å²) in [4.78, 5) is 8.73. The number of rotatable bonds is 1. The molecule has 2 nitrogen and oxygen atoms in total. The topological polar surface area (TPSA) is 25.8 Å². The average molecular weight is 231 g/mol. The van der Waals surface area contributed by atoms with Crippen molar-refractivity contribution >= 4 is 34.5 Å². The standard InChI is InChI=1S/C8H4Cl2N2S/c9-7-6(5-2-1-3-13-5)8(10)12-4-11-7/h1-4H. The zero-order valence-electron chi connectivity index (χ0n) is 6.37. The molecular formula is C8H4Cl2N2S. The fourth-order valence-electron chi connectivity index (χ4n) is 0.969. The van der Waals surface area contributed by atoms with Gasteiger partial charge in [0.15, 0.2) is 0 Å². The van der Waals surface area contributed by atoms with Crippen molar-refractivity contribution in [1.29, 1.82) is 0 Å². The highest BCUT2D eigenvalue weighted by Crippen LogP contribution is 2.34. The zero-order chi connectivity index (χ0) is 9.26. The molecule has 0 spiro atoms. The van der Waals surface area contributed by atoms with Crippen molar-refractivity contribution in [2.75, 3.05) is 0 Å². The summed E-state index contributed by atoms with van der Waals surface area (Å²) in [5, 5.41) is 2.74. The Bertz CT molecular complexity index is 394. The van der Waals surface area contributed by atoms with E-state index in [1.54, 1.807) is 11.3 Å². The molecule has 2 aromatic rings. The van der Waals surface area contributed by atoms with E-state index in [-0.39, 0.29) is 0 Å².